The van der Waals surface area contributed by atoms with Gasteiger partial charge in [-0.3, -0.25) is 0 Å². The molecule has 0 atom stereocenters. The molecule has 22 heteroatoms. The van der Waals surface area contributed by atoms with Gasteiger partial charge in [0.1, 0.15) is 52.7 Å². The lowest BCUT2D eigenvalue weighted by Gasteiger charge is -2.44. The van der Waals surface area contributed by atoms with E-state index in [1.54, 1.807) is 0 Å². The van der Waals surface area contributed by atoms with Crippen molar-refractivity contribution in [3.8, 4) is 11.3 Å². The Bertz CT molecular complexity index is 3300. The van der Waals surface area contributed by atoms with Crippen LogP contribution in [-0.4, -0.2) is 6.15 Å². The molecule has 9 aromatic rings. The highest BCUT2D eigenvalue weighted by Gasteiger charge is 2.52. The maximum absolute atomic E-state index is 15.4. The predicted octanol–water partition coefficient (Wildman–Crippen LogP) is 11.8. The number of pyridine rings is 1. The van der Waals surface area contributed by atoms with Crippen LogP contribution in [0.5, 0.6) is 0 Å². The largest absolute Gasteiger partial charge is 0.213 e. The van der Waals surface area contributed by atoms with Crippen LogP contribution in [0.3, 0.4) is 0 Å². The van der Waals surface area contributed by atoms with Crippen molar-refractivity contribution in [2.45, 2.75) is 6.54 Å². The molecular formula is C50H20BF20N. The average Bonchev–Trinajstić information content (AvgIpc) is 3.39. The van der Waals surface area contributed by atoms with Gasteiger partial charge in [-0.2, -0.15) is 4.57 Å². The quantitative estimate of drug-likeness (QED) is 0.0374. The van der Waals surface area contributed by atoms with E-state index in [0.717, 1.165) is 6.54 Å². The molecule has 0 aliphatic rings. The van der Waals surface area contributed by atoms with Crippen molar-refractivity contribution < 1.29 is 92.4 Å². The van der Waals surface area contributed by atoms with Crippen molar-refractivity contribution in [1.29, 1.82) is 0 Å². The van der Waals surface area contributed by atoms with Crippen LogP contribution in [0.1, 0.15) is 5.56 Å². The summed E-state index contributed by atoms with van der Waals surface area (Å²) in [7, 11) is 0. The Kier molecular flexibility index (Phi) is 13.3. The van der Waals surface area contributed by atoms with Gasteiger partial charge in [-0.25, -0.2) is 87.8 Å². The summed E-state index contributed by atoms with van der Waals surface area (Å²) >= 11 is 0. The van der Waals surface area contributed by atoms with Gasteiger partial charge < -0.3 is 0 Å². The van der Waals surface area contributed by atoms with Gasteiger partial charge >= 0.3 is 0 Å². The van der Waals surface area contributed by atoms with E-state index in [2.05, 4.69) is 114 Å². The molecule has 0 saturated carbocycles. The van der Waals surface area contributed by atoms with Gasteiger partial charge in [-0.1, -0.05) is 78.9 Å². The molecule has 0 aliphatic heterocycles. The van der Waals surface area contributed by atoms with Crippen LogP contribution in [0, 0.1) is 116 Å². The lowest BCUT2D eigenvalue weighted by molar-refractivity contribution is -0.677. The minimum Gasteiger partial charge on any atom is -0.207 e. The summed E-state index contributed by atoms with van der Waals surface area (Å²) in [6.07, 6.45) is -5.04. The third-order valence-corrected chi connectivity index (χ3v) is 11.9. The van der Waals surface area contributed by atoms with Crippen molar-refractivity contribution in [3.05, 3.63) is 231 Å². The van der Waals surface area contributed by atoms with Crippen molar-refractivity contribution in [2.75, 3.05) is 0 Å². The van der Waals surface area contributed by atoms with E-state index >= 15 is 35.1 Å². The Hall–Kier alpha value is -7.91. The van der Waals surface area contributed by atoms with E-state index in [4.69, 9.17) is 0 Å². The minimum absolute atomic E-state index is 0.859. The van der Waals surface area contributed by atoms with Crippen LogP contribution < -0.4 is 26.4 Å². The summed E-state index contributed by atoms with van der Waals surface area (Å²) in [5.74, 6) is -71.4. The molecule has 0 bridgehead atoms. The van der Waals surface area contributed by atoms with Crippen molar-refractivity contribution >= 4 is 49.5 Å². The average molecular weight is 1030 g/mol. The maximum atomic E-state index is 15.4. The van der Waals surface area contributed by atoms with E-state index in [1.807, 2.05) is 0 Å². The van der Waals surface area contributed by atoms with E-state index in [0.29, 0.717) is 0 Å². The van der Waals surface area contributed by atoms with E-state index in [1.165, 1.54) is 38.4 Å². The summed E-state index contributed by atoms with van der Waals surface area (Å²) in [6.45, 7) is 0.859. The van der Waals surface area contributed by atoms with Gasteiger partial charge in [0.05, 0.1) is 5.56 Å². The van der Waals surface area contributed by atoms with Crippen molar-refractivity contribution in [2.24, 2.45) is 0 Å². The van der Waals surface area contributed by atoms with E-state index < -0.39 is 144 Å². The highest BCUT2D eigenvalue weighted by atomic mass is 19.2. The fourth-order valence-corrected chi connectivity index (χ4v) is 8.78. The molecular weight excluding hydrogens is 1010 g/mol. The first-order valence-electron chi connectivity index (χ1n) is 20.3. The molecule has 72 heavy (non-hydrogen) atoms. The van der Waals surface area contributed by atoms with Crippen LogP contribution >= 0.6 is 0 Å². The Morgan fingerprint density at radius 2 is 0.597 bits per heavy atom. The third-order valence-electron chi connectivity index (χ3n) is 11.9. The van der Waals surface area contributed by atoms with Crippen LogP contribution in [0.4, 0.5) is 87.8 Å². The predicted molar refractivity (Wildman–Crippen MR) is 222 cm³/mol. The standard InChI is InChI=1S/C26H20N.C24BF20/c1-2-10-20(11-3-1)19-27-17-9-8-16-26(27)25-18-21-12-4-5-13-22(21)23-14-6-7-15-24(23)25;26-5-1(6(27)14(35)21(42)13(5)34)25(2-7(28)15(36)22(43)16(37)8(2)29,3-9(30)17(38)23(44)18(39)10(3)31)4-11(32)19(40)24(45)20(41)12(4)33/h1-18H,19H2;/q+1;-1. The number of nitrogens with zero attached hydrogens (tertiary/aromatic N) is 1. The second-order valence-electron chi connectivity index (χ2n) is 15.7. The van der Waals surface area contributed by atoms with Crippen LogP contribution in [-0.2, 0) is 6.54 Å². The molecule has 9 rings (SSSR count). The van der Waals surface area contributed by atoms with E-state index in [9.17, 15) is 52.7 Å². The number of hydrogen-bond acceptors (Lipinski definition) is 0. The number of hydrogen-bond donors (Lipinski definition) is 0. The van der Waals surface area contributed by atoms with Crippen molar-refractivity contribution in [1.82, 2.24) is 0 Å². The van der Waals surface area contributed by atoms with Crippen LogP contribution in [0.2, 0.25) is 0 Å². The summed E-state index contributed by atoms with van der Waals surface area (Å²) in [6, 6.07) is 36.8. The molecule has 1 nitrogen and oxygen atoms in total. The normalized spacial score (nSPS) is 11.7. The highest BCUT2D eigenvalue weighted by molar-refractivity contribution is 7.20. The molecule has 1 heterocycles. The molecule has 0 saturated heterocycles. The monoisotopic (exact) mass is 1030 g/mol. The summed E-state index contributed by atoms with van der Waals surface area (Å²) in [5.41, 5.74) is -10.5. The van der Waals surface area contributed by atoms with Gasteiger partial charge in [-0.15, -0.1) is 21.9 Å². The zero-order chi connectivity index (χ0) is 52.4. The van der Waals surface area contributed by atoms with Gasteiger partial charge in [0, 0.05) is 17.7 Å². The lowest BCUT2D eigenvalue weighted by atomic mass is 9.12. The molecule has 1 aromatic heterocycles. The molecule has 0 spiro atoms. The van der Waals surface area contributed by atoms with E-state index in [-0.39, 0.29) is 0 Å². The third kappa shape index (κ3) is 7.74. The van der Waals surface area contributed by atoms with Gasteiger partial charge in [0.2, 0.25) is 5.69 Å². The van der Waals surface area contributed by atoms with Gasteiger partial charge in [-0.05, 0) is 33.7 Å². The molecule has 0 amide bonds. The molecule has 0 N–H and O–H groups in total. The molecule has 0 fully saturated rings. The zero-order valence-corrected chi connectivity index (χ0v) is 35.2. The Morgan fingerprint density at radius 1 is 0.292 bits per heavy atom. The van der Waals surface area contributed by atoms with Gasteiger partial charge in [0.25, 0.3) is 0 Å². The number of halogens is 20. The summed E-state index contributed by atoms with van der Waals surface area (Å²) < 4.78 is 296. The number of benzene rings is 8. The number of rotatable bonds is 7. The second kappa shape index (κ2) is 19.0. The molecule has 0 radical (unpaired) electrons. The Morgan fingerprint density at radius 3 is 0.986 bits per heavy atom. The zero-order valence-electron chi connectivity index (χ0n) is 35.2. The first-order valence-corrected chi connectivity index (χ1v) is 20.3. The lowest BCUT2D eigenvalue weighted by Crippen LogP contribution is -2.81. The number of fused-ring (bicyclic) bond motifs is 3. The Balaban J connectivity index is 0.000000217. The molecule has 0 aliphatic carbocycles. The Labute approximate surface area is 390 Å². The molecule has 368 valence electrons. The second-order valence-corrected chi connectivity index (χ2v) is 15.7. The number of aromatic nitrogens is 1. The summed E-state index contributed by atoms with van der Waals surface area (Å²) in [5, 5.41) is 5.19. The van der Waals surface area contributed by atoms with Crippen LogP contribution in [0.25, 0.3) is 32.8 Å². The smallest absolute Gasteiger partial charge is 0.207 e. The van der Waals surface area contributed by atoms with Gasteiger partial charge in [0.15, 0.2) is 82.5 Å². The molecule has 8 aromatic carbocycles. The summed E-state index contributed by atoms with van der Waals surface area (Å²) in [4.78, 5) is 0. The van der Waals surface area contributed by atoms with Crippen LogP contribution in [0.15, 0.2) is 109 Å². The topological polar surface area (TPSA) is 3.88 Å². The fraction of sp³-hybridized carbons (Fsp3) is 0.0200. The highest BCUT2D eigenvalue weighted by Crippen LogP contribution is 2.35. The maximum Gasteiger partial charge on any atom is 0.213 e. The van der Waals surface area contributed by atoms with Crippen molar-refractivity contribution in [3.63, 3.8) is 0 Å². The SMILES string of the molecule is Fc1c(F)c(F)c([B-](c2c(F)c(F)c(F)c(F)c2F)(c2c(F)c(F)c(F)c(F)c2F)c2c(F)c(F)c(F)c(F)c2F)c(F)c1F.c1ccc(C[n+]2ccccc2-c2cc3ccccc3c3ccccc23)cc1. The minimum atomic E-state index is -7.22. The first-order chi connectivity index (χ1) is 34.1. The first kappa shape index (κ1) is 50.5. The molecule has 0 unspecified atom stereocenters. The fourth-order valence-electron chi connectivity index (χ4n) is 8.78.